The lowest BCUT2D eigenvalue weighted by Crippen LogP contribution is -2.19. The Balaban J connectivity index is 2.90. The third kappa shape index (κ3) is 3.65. The Morgan fingerprint density at radius 3 is 2.24 bits per heavy atom. The van der Waals surface area contributed by atoms with Crippen molar-refractivity contribution in [3.05, 3.63) is 35.4 Å². The van der Waals surface area contributed by atoms with Crippen LogP contribution in [0.4, 0.5) is 0 Å². The van der Waals surface area contributed by atoms with E-state index < -0.39 is 16.2 Å². The lowest BCUT2D eigenvalue weighted by Gasteiger charge is -2.04. The molecule has 7 heteroatoms. The highest BCUT2D eigenvalue weighted by atomic mass is 32.2. The van der Waals surface area contributed by atoms with E-state index in [1.807, 2.05) is 0 Å². The average Bonchev–Trinajstić information content (AvgIpc) is 2.27. The van der Waals surface area contributed by atoms with E-state index in [-0.39, 0.29) is 5.56 Å². The second-order valence-electron chi connectivity index (χ2n) is 3.42. The molecule has 0 spiro atoms. The fourth-order valence-corrected chi connectivity index (χ4v) is 1.38. The maximum atomic E-state index is 11.3. The van der Waals surface area contributed by atoms with Crippen LogP contribution in [0.25, 0.3) is 0 Å². The second-order valence-corrected chi connectivity index (χ2v) is 5.26. The van der Waals surface area contributed by atoms with Gasteiger partial charge in [-0.1, -0.05) is 12.1 Å². The highest BCUT2D eigenvalue weighted by molar-refractivity contribution is 7.87. The van der Waals surface area contributed by atoms with E-state index in [9.17, 15) is 13.2 Å². The zero-order chi connectivity index (χ0) is 13.1. The summed E-state index contributed by atoms with van der Waals surface area (Å²) in [5.41, 5.74) is 0.651. The van der Waals surface area contributed by atoms with Gasteiger partial charge in [-0.2, -0.15) is 17.1 Å². The molecule has 0 heterocycles. The van der Waals surface area contributed by atoms with Gasteiger partial charge in [0.05, 0.1) is 5.56 Å². The van der Waals surface area contributed by atoms with Gasteiger partial charge in [0, 0.05) is 20.3 Å². The molecule has 0 amide bonds. The van der Waals surface area contributed by atoms with Gasteiger partial charge in [0.1, 0.15) is 0 Å². The Bertz CT molecular complexity index is 532. The van der Waals surface area contributed by atoms with E-state index in [0.29, 0.717) is 5.56 Å². The van der Waals surface area contributed by atoms with Crippen LogP contribution in [0.15, 0.2) is 28.7 Å². The summed E-state index contributed by atoms with van der Waals surface area (Å²) in [5, 5.41) is 8.67. The SMILES string of the molecule is CN(C)S(=O)(=O)N=Cc1ccc(C(=O)O)cc1. The van der Waals surface area contributed by atoms with Gasteiger partial charge in [-0.15, -0.1) is 0 Å². The first-order chi connectivity index (χ1) is 7.83. The van der Waals surface area contributed by atoms with Crippen LogP contribution >= 0.6 is 0 Å². The van der Waals surface area contributed by atoms with Crippen molar-refractivity contribution in [1.29, 1.82) is 0 Å². The summed E-state index contributed by atoms with van der Waals surface area (Å²) in [6.07, 6.45) is 1.17. The fourth-order valence-electron chi connectivity index (χ4n) is 0.934. The van der Waals surface area contributed by atoms with Crippen molar-refractivity contribution >= 4 is 22.4 Å². The molecular weight excluding hydrogens is 244 g/mol. The Hall–Kier alpha value is -1.73. The standard InChI is InChI=1S/C10H12N2O4S/c1-12(2)17(15,16)11-7-8-3-5-9(6-4-8)10(13)14/h3-7H,1-2H3,(H,13,14). The Morgan fingerprint density at radius 1 is 1.29 bits per heavy atom. The van der Waals surface area contributed by atoms with Crippen LogP contribution in [0.5, 0.6) is 0 Å². The minimum Gasteiger partial charge on any atom is -0.478 e. The monoisotopic (exact) mass is 256 g/mol. The molecule has 0 saturated carbocycles. The van der Waals surface area contributed by atoms with Crippen LogP contribution in [0, 0.1) is 0 Å². The molecule has 0 unspecified atom stereocenters. The van der Waals surface area contributed by atoms with E-state index in [4.69, 9.17) is 5.11 Å². The Morgan fingerprint density at radius 2 is 1.82 bits per heavy atom. The molecule has 0 saturated heterocycles. The molecule has 0 aliphatic rings. The van der Waals surface area contributed by atoms with Crippen LogP contribution in [0.2, 0.25) is 0 Å². The third-order valence-corrected chi connectivity index (χ3v) is 3.25. The summed E-state index contributed by atoms with van der Waals surface area (Å²) in [7, 11) is -0.886. The van der Waals surface area contributed by atoms with Gasteiger partial charge in [0.25, 0.3) is 0 Å². The fraction of sp³-hybridized carbons (Fsp3) is 0.200. The first-order valence-electron chi connectivity index (χ1n) is 4.64. The van der Waals surface area contributed by atoms with Gasteiger partial charge >= 0.3 is 16.2 Å². The summed E-state index contributed by atoms with van der Waals surface area (Å²) in [4.78, 5) is 10.6. The molecular formula is C10H12N2O4S. The molecule has 0 aromatic heterocycles. The van der Waals surface area contributed by atoms with Crippen molar-refractivity contribution in [2.45, 2.75) is 0 Å². The largest absolute Gasteiger partial charge is 0.478 e. The number of nitrogens with zero attached hydrogens (tertiary/aromatic N) is 2. The summed E-state index contributed by atoms with van der Waals surface area (Å²) in [6, 6.07) is 5.73. The molecule has 0 bridgehead atoms. The van der Waals surface area contributed by atoms with Gasteiger partial charge < -0.3 is 5.11 Å². The third-order valence-electron chi connectivity index (χ3n) is 1.95. The lowest BCUT2D eigenvalue weighted by atomic mass is 10.1. The maximum absolute atomic E-state index is 11.3. The van der Waals surface area contributed by atoms with Gasteiger partial charge in [-0.3, -0.25) is 0 Å². The average molecular weight is 256 g/mol. The predicted molar refractivity (Wildman–Crippen MR) is 63.6 cm³/mol. The Labute approximate surface area is 99.4 Å². The molecule has 0 aliphatic heterocycles. The number of rotatable bonds is 4. The van der Waals surface area contributed by atoms with Crippen LogP contribution < -0.4 is 0 Å². The van der Waals surface area contributed by atoms with Crippen molar-refractivity contribution < 1.29 is 18.3 Å². The van der Waals surface area contributed by atoms with Crippen LogP contribution in [-0.2, 0) is 10.2 Å². The van der Waals surface area contributed by atoms with Crippen LogP contribution in [0.3, 0.4) is 0 Å². The van der Waals surface area contributed by atoms with Gasteiger partial charge in [0.2, 0.25) is 0 Å². The first kappa shape index (κ1) is 13.3. The predicted octanol–water partition coefficient (Wildman–Crippen LogP) is 0.610. The highest BCUT2D eigenvalue weighted by Gasteiger charge is 2.09. The van der Waals surface area contributed by atoms with Crippen molar-refractivity contribution in [2.75, 3.05) is 14.1 Å². The highest BCUT2D eigenvalue weighted by Crippen LogP contribution is 2.03. The molecule has 1 N–H and O–H groups in total. The van der Waals surface area contributed by atoms with Crippen molar-refractivity contribution in [3.8, 4) is 0 Å². The molecule has 92 valence electrons. The van der Waals surface area contributed by atoms with Gasteiger partial charge in [0.15, 0.2) is 0 Å². The summed E-state index contributed by atoms with van der Waals surface area (Å²) in [5.74, 6) is -1.03. The number of carboxylic acid groups (broad SMARTS) is 1. The number of hydrogen-bond acceptors (Lipinski definition) is 3. The van der Waals surface area contributed by atoms with Crippen molar-refractivity contribution in [2.24, 2.45) is 4.40 Å². The number of carbonyl (C=O) groups is 1. The molecule has 6 nitrogen and oxygen atoms in total. The molecule has 0 aliphatic carbocycles. The van der Waals surface area contributed by atoms with E-state index in [1.165, 1.54) is 44.6 Å². The van der Waals surface area contributed by atoms with Gasteiger partial charge in [-0.05, 0) is 17.7 Å². The van der Waals surface area contributed by atoms with Crippen LogP contribution in [0.1, 0.15) is 15.9 Å². The van der Waals surface area contributed by atoms with E-state index in [1.54, 1.807) is 0 Å². The van der Waals surface area contributed by atoms with Crippen molar-refractivity contribution in [1.82, 2.24) is 4.31 Å². The maximum Gasteiger partial charge on any atom is 0.335 e. The number of aromatic carboxylic acids is 1. The number of benzene rings is 1. The quantitative estimate of drug-likeness (QED) is 0.799. The lowest BCUT2D eigenvalue weighted by molar-refractivity contribution is 0.0697. The topological polar surface area (TPSA) is 87.0 Å². The summed E-state index contributed by atoms with van der Waals surface area (Å²) < 4.78 is 27.0. The first-order valence-corrected chi connectivity index (χ1v) is 6.04. The zero-order valence-corrected chi connectivity index (χ0v) is 10.2. The Kier molecular flexibility index (Phi) is 3.97. The number of hydrogen-bond donors (Lipinski definition) is 1. The van der Waals surface area contributed by atoms with Gasteiger partial charge in [-0.25, -0.2) is 4.79 Å². The minimum absolute atomic E-state index is 0.137. The van der Waals surface area contributed by atoms with E-state index >= 15 is 0 Å². The summed E-state index contributed by atoms with van der Waals surface area (Å²) in [6.45, 7) is 0. The second kappa shape index (κ2) is 5.07. The smallest absolute Gasteiger partial charge is 0.335 e. The molecule has 1 rings (SSSR count). The molecule has 0 atom stereocenters. The van der Waals surface area contributed by atoms with E-state index in [2.05, 4.69) is 4.40 Å². The van der Waals surface area contributed by atoms with E-state index in [0.717, 1.165) is 4.31 Å². The molecule has 1 aromatic carbocycles. The van der Waals surface area contributed by atoms with Crippen LogP contribution in [-0.4, -0.2) is 44.1 Å². The molecule has 1 aromatic rings. The number of carboxylic acids is 1. The minimum atomic E-state index is -3.64. The molecule has 17 heavy (non-hydrogen) atoms. The molecule has 0 radical (unpaired) electrons. The normalized spacial score (nSPS) is 12.2. The molecule has 0 fully saturated rings. The summed E-state index contributed by atoms with van der Waals surface area (Å²) >= 11 is 0. The van der Waals surface area contributed by atoms with Crippen molar-refractivity contribution in [3.63, 3.8) is 0 Å². The zero-order valence-electron chi connectivity index (χ0n) is 9.36.